The van der Waals surface area contributed by atoms with Gasteiger partial charge >= 0.3 is 0 Å². The molecule has 1 aliphatic rings. The van der Waals surface area contributed by atoms with E-state index in [2.05, 4.69) is 58.2 Å². The summed E-state index contributed by atoms with van der Waals surface area (Å²) in [4.78, 5) is 4.81. The SMILES string of the molecule is CCNC(=NCc1c(C)nn(C)c1C)NC1CCc2nnc(C(C)C)n2C1.I. The molecule has 1 aliphatic heterocycles. The number of aromatic nitrogens is 5. The van der Waals surface area contributed by atoms with Crippen LogP contribution in [-0.4, -0.2) is 43.1 Å². The maximum absolute atomic E-state index is 4.81. The Morgan fingerprint density at radius 1 is 1.29 bits per heavy atom. The lowest BCUT2D eigenvalue weighted by Crippen LogP contribution is -2.47. The van der Waals surface area contributed by atoms with Crippen LogP contribution >= 0.6 is 24.0 Å². The Labute approximate surface area is 184 Å². The number of rotatable bonds is 5. The van der Waals surface area contributed by atoms with Gasteiger partial charge in [-0.15, -0.1) is 34.2 Å². The van der Waals surface area contributed by atoms with Gasteiger partial charge in [0.05, 0.1) is 12.2 Å². The number of fused-ring (bicyclic) bond motifs is 1. The lowest BCUT2D eigenvalue weighted by molar-refractivity contribution is 0.408. The highest BCUT2D eigenvalue weighted by Crippen LogP contribution is 2.20. The quantitative estimate of drug-likeness (QED) is 0.375. The first-order valence-electron chi connectivity index (χ1n) is 9.86. The Bertz CT molecular complexity index is 820. The standard InChI is InChI=1S/C19H32N8.HI/c1-7-20-19(21-10-16-13(4)25-26(6)14(16)5)22-15-8-9-17-23-24-18(12(2)3)27(17)11-15;/h12,15H,7-11H2,1-6H3,(H2,20,21,22);1H. The Morgan fingerprint density at radius 3 is 2.64 bits per heavy atom. The number of aryl methyl sites for hydroxylation is 3. The summed E-state index contributed by atoms with van der Waals surface area (Å²) < 4.78 is 4.19. The zero-order valence-electron chi connectivity index (χ0n) is 17.8. The van der Waals surface area contributed by atoms with Gasteiger partial charge in [-0.1, -0.05) is 13.8 Å². The maximum atomic E-state index is 4.81. The molecule has 0 saturated heterocycles. The molecule has 2 N–H and O–H groups in total. The fraction of sp³-hybridized carbons (Fsp3) is 0.684. The van der Waals surface area contributed by atoms with Gasteiger partial charge in [-0.2, -0.15) is 5.10 Å². The van der Waals surface area contributed by atoms with Gasteiger partial charge in [0.1, 0.15) is 11.6 Å². The first-order valence-corrected chi connectivity index (χ1v) is 9.86. The van der Waals surface area contributed by atoms with Crippen molar-refractivity contribution in [1.29, 1.82) is 0 Å². The Balaban J connectivity index is 0.00000280. The van der Waals surface area contributed by atoms with Crippen molar-refractivity contribution in [1.82, 2.24) is 35.2 Å². The zero-order valence-corrected chi connectivity index (χ0v) is 20.1. The van der Waals surface area contributed by atoms with Crippen molar-refractivity contribution in [2.45, 2.75) is 72.5 Å². The molecule has 0 amide bonds. The van der Waals surface area contributed by atoms with Crippen LogP contribution in [0.2, 0.25) is 0 Å². The molecule has 28 heavy (non-hydrogen) atoms. The van der Waals surface area contributed by atoms with Crippen LogP contribution in [0.3, 0.4) is 0 Å². The van der Waals surface area contributed by atoms with E-state index in [9.17, 15) is 0 Å². The molecule has 1 unspecified atom stereocenters. The monoisotopic (exact) mass is 500 g/mol. The van der Waals surface area contributed by atoms with Gasteiger partial charge in [0.2, 0.25) is 0 Å². The van der Waals surface area contributed by atoms with Gasteiger partial charge in [0, 0.05) is 49.8 Å². The highest BCUT2D eigenvalue weighted by molar-refractivity contribution is 14.0. The van der Waals surface area contributed by atoms with E-state index < -0.39 is 0 Å². The third-order valence-corrected chi connectivity index (χ3v) is 5.23. The number of aliphatic imine (C=N–C) groups is 1. The molecule has 0 saturated carbocycles. The third kappa shape index (κ3) is 4.84. The molecule has 0 bridgehead atoms. The molecular weight excluding hydrogens is 467 g/mol. The topological polar surface area (TPSA) is 84.9 Å². The summed E-state index contributed by atoms with van der Waals surface area (Å²) in [6, 6.07) is 0.319. The minimum Gasteiger partial charge on any atom is -0.357 e. The van der Waals surface area contributed by atoms with E-state index in [1.54, 1.807) is 0 Å². The van der Waals surface area contributed by atoms with E-state index in [-0.39, 0.29) is 24.0 Å². The van der Waals surface area contributed by atoms with Crippen molar-refractivity contribution in [3.05, 3.63) is 28.6 Å². The fourth-order valence-electron chi connectivity index (χ4n) is 3.61. The van der Waals surface area contributed by atoms with Gasteiger partial charge in [-0.05, 0) is 27.2 Å². The Hall–Kier alpha value is -1.65. The van der Waals surface area contributed by atoms with Crippen LogP contribution in [0.1, 0.15) is 61.7 Å². The number of halogens is 1. The molecule has 3 heterocycles. The minimum absolute atomic E-state index is 0. The van der Waals surface area contributed by atoms with Gasteiger partial charge in [-0.3, -0.25) is 4.68 Å². The van der Waals surface area contributed by atoms with E-state index in [1.807, 2.05) is 18.7 Å². The predicted octanol–water partition coefficient (Wildman–Crippen LogP) is 2.44. The molecule has 2 aromatic heterocycles. The van der Waals surface area contributed by atoms with Crippen LogP contribution in [0.5, 0.6) is 0 Å². The molecule has 9 heteroatoms. The number of nitrogens with zero attached hydrogens (tertiary/aromatic N) is 6. The predicted molar refractivity (Wildman–Crippen MR) is 122 cm³/mol. The Morgan fingerprint density at radius 2 is 2.04 bits per heavy atom. The maximum Gasteiger partial charge on any atom is 0.191 e. The smallest absolute Gasteiger partial charge is 0.191 e. The number of hydrogen-bond donors (Lipinski definition) is 2. The van der Waals surface area contributed by atoms with Crippen LogP contribution in [0.4, 0.5) is 0 Å². The third-order valence-electron chi connectivity index (χ3n) is 5.23. The molecule has 156 valence electrons. The average Bonchev–Trinajstić information content (AvgIpc) is 3.14. The second-order valence-electron chi connectivity index (χ2n) is 7.59. The molecule has 8 nitrogen and oxygen atoms in total. The number of hydrogen-bond acceptors (Lipinski definition) is 4. The summed E-state index contributed by atoms with van der Waals surface area (Å²) in [5.74, 6) is 3.40. The molecule has 0 radical (unpaired) electrons. The second kappa shape index (κ2) is 9.71. The van der Waals surface area contributed by atoms with Gasteiger partial charge in [0.15, 0.2) is 5.96 Å². The van der Waals surface area contributed by atoms with Crippen LogP contribution in [0, 0.1) is 13.8 Å². The van der Waals surface area contributed by atoms with Crippen molar-refractivity contribution in [3.63, 3.8) is 0 Å². The van der Waals surface area contributed by atoms with Crippen molar-refractivity contribution < 1.29 is 0 Å². The van der Waals surface area contributed by atoms with Gasteiger partial charge < -0.3 is 15.2 Å². The summed E-state index contributed by atoms with van der Waals surface area (Å²) in [6.45, 7) is 12.9. The van der Waals surface area contributed by atoms with E-state index >= 15 is 0 Å². The van der Waals surface area contributed by atoms with Crippen LogP contribution < -0.4 is 10.6 Å². The summed E-state index contributed by atoms with van der Waals surface area (Å²) in [5, 5.41) is 20.2. The fourth-order valence-corrected chi connectivity index (χ4v) is 3.61. The van der Waals surface area contributed by atoms with Crippen molar-refractivity contribution in [2.24, 2.45) is 12.0 Å². The lowest BCUT2D eigenvalue weighted by atomic mass is 10.1. The Kier molecular flexibility index (Phi) is 7.85. The van der Waals surface area contributed by atoms with E-state index in [0.717, 1.165) is 49.2 Å². The highest BCUT2D eigenvalue weighted by atomic mass is 127. The molecule has 0 fully saturated rings. The summed E-state index contributed by atoms with van der Waals surface area (Å²) in [7, 11) is 1.98. The van der Waals surface area contributed by atoms with Crippen LogP contribution in [0.25, 0.3) is 0 Å². The average molecular weight is 500 g/mol. The number of guanidine groups is 1. The highest BCUT2D eigenvalue weighted by Gasteiger charge is 2.24. The summed E-state index contributed by atoms with van der Waals surface area (Å²) >= 11 is 0. The normalized spacial score (nSPS) is 16.7. The zero-order chi connectivity index (χ0) is 19.6. The first-order chi connectivity index (χ1) is 12.9. The van der Waals surface area contributed by atoms with Gasteiger partial charge in [-0.25, -0.2) is 4.99 Å². The number of nitrogens with one attached hydrogen (secondary N) is 2. The molecule has 2 aromatic rings. The molecule has 0 spiro atoms. The minimum atomic E-state index is 0. The van der Waals surface area contributed by atoms with E-state index in [0.29, 0.717) is 18.5 Å². The van der Waals surface area contributed by atoms with Crippen molar-refractivity contribution in [2.75, 3.05) is 6.54 Å². The van der Waals surface area contributed by atoms with Crippen molar-refractivity contribution >= 4 is 29.9 Å². The molecule has 0 aliphatic carbocycles. The summed E-state index contributed by atoms with van der Waals surface area (Å²) in [6.07, 6.45) is 1.98. The summed E-state index contributed by atoms with van der Waals surface area (Å²) in [5.41, 5.74) is 3.41. The molecule has 3 rings (SSSR count). The molecule has 1 atom stereocenters. The lowest BCUT2D eigenvalue weighted by Gasteiger charge is -2.27. The van der Waals surface area contributed by atoms with Crippen LogP contribution in [-0.2, 0) is 26.6 Å². The molecule has 0 aromatic carbocycles. The van der Waals surface area contributed by atoms with Crippen molar-refractivity contribution in [3.8, 4) is 0 Å². The van der Waals surface area contributed by atoms with Crippen LogP contribution in [0.15, 0.2) is 4.99 Å². The largest absolute Gasteiger partial charge is 0.357 e. The van der Waals surface area contributed by atoms with Gasteiger partial charge in [0.25, 0.3) is 0 Å². The van der Waals surface area contributed by atoms with E-state index in [1.165, 1.54) is 11.3 Å². The molecular formula is C19H33IN8. The first kappa shape index (κ1) is 22.6. The van der Waals surface area contributed by atoms with E-state index in [4.69, 9.17) is 4.99 Å². The second-order valence-corrected chi connectivity index (χ2v) is 7.59.